The summed E-state index contributed by atoms with van der Waals surface area (Å²) in [5, 5.41) is 21.6. The summed E-state index contributed by atoms with van der Waals surface area (Å²) in [6.45, 7) is 17.0. The van der Waals surface area contributed by atoms with Crippen LogP contribution in [0.25, 0.3) is 0 Å². The van der Waals surface area contributed by atoms with Gasteiger partial charge in [-0.05, 0) is 65.5 Å². The quantitative estimate of drug-likeness (QED) is 0.0514. The lowest BCUT2D eigenvalue weighted by Crippen LogP contribution is -2.33. The average molecular weight is 883 g/mol. The standard InChI is InChI=1S/C56H99O5P/c1-8-11-13-15-17-19-21-23-25-27-29-31-33-35-37-43-59-62(60-44-38-36-34-32-30-28-26-24-22-20-18-16-14-12-9-2)61-47-56(10-3,50-39-41-54(57)52(45-50)48(4)5)51-40-42-55(58)53(46-51)49(6)7/h39-42,45-46,48-49,57-58H,8-38,43-44,47H2,1-7H3. The lowest BCUT2D eigenvalue weighted by atomic mass is 9.71. The Morgan fingerprint density at radius 2 is 0.710 bits per heavy atom. The van der Waals surface area contributed by atoms with E-state index in [0.717, 1.165) is 41.5 Å². The molecule has 358 valence electrons. The minimum atomic E-state index is -1.55. The molecule has 0 bridgehead atoms. The predicted molar refractivity (Wildman–Crippen MR) is 270 cm³/mol. The molecule has 0 aliphatic carbocycles. The molecule has 0 fully saturated rings. The third-order valence-electron chi connectivity index (χ3n) is 13.3. The maximum absolute atomic E-state index is 10.8. The van der Waals surface area contributed by atoms with Gasteiger partial charge in [0, 0.05) is 5.41 Å². The first kappa shape index (κ1) is 56.5. The maximum Gasteiger partial charge on any atom is 0.332 e. The third kappa shape index (κ3) is 24.0. The molecule has 0 heterocycles. The molecule has 0 aliphatic rings. The van der Waals surface area contributed by atoms with Crippen molar-refractivity contribution in [2.45, 2.75) is 265 Å². The third-order valence-corrected chi connectivity index (χ3v) is 14.4. The molecular weight excluding hydrogens is 784 g/mol. The second-order valence-electron chi connectivity index (χ2n) is 19.4. The highest BCUT2D eigenvalue weighted by molar-refractivity contribution is 7.41. The van der Waals surface area contributed by atoms with Gasteiger partial charge in [0.05, 0.1) is 19.8 Å². The number of phenols is 2. The number of hydrogen-bond acceptors (Lipinski definition) is 5. The van der Waals surface area contributed by atoms with Gasteiger partial charge in [-0.25, -0.2) is 0 Å². The van der Waals surface area contributed by atoms with Crippen LogP contribution in [0.1, 0.15) is 282 Å². The average Bonchev–Trinajstić information content (AvgIpc) is 3.26. The molecule has 2 aromatic rings. The normalized spacial score (nSPS) is 12.2. The van der Waals surface area contributed by atoms with E-state index in [1.54, 1.807) is 0 Å². The summed E-state index contributed by atoms with van der Waals surface area (Å²) < 4.78 is 19.8. The molecule has 0 aromatic heterocycles. The van der Waals surface area contributed by atoms with Crippen LogP contribution in [0.2, 0.25) is 0 Å². The van der Waals surface area contributed by atoms with E-state index in [9.17, 15) is 10.2 Å². The van der Waals surface area contributed by atoms with Crippen LogP contribution < -0.4 is 0 Å². The Morgan fingerprint density at radius 3 is 0.984 bits per heavy atom. The van der Waals surface area contributed by atoms with Crippen molar-refractivity contribution in [2.24, 2.45) is 0 Å². The highest BCUT2D eigenvalue weighted by Crippen LogP contribution is 2.47. The second-order valence-corrected chi connectivity index (χ2v) is 20.6. The van der Waals surface area contributed by atoms with Crippen LogP contribution in [0.5, 0.6) is 11.5 Å². The van der Waals surface area contributed by atoms with Crippen LogP contribution in [-0.2, 0) is 19.0 Å². The van der Waals surface area contributed by atoms with Gasteiger partial charge in [-0.3, -0.25) is 0 Å². The van der Waals surface area contributed by atoms with Crippen molar-refractivity contribution in [3.05, 3.63) is 58.7 Å². The van der Waals surface area contributed by atoms with Crippen LogP contribution in [0, 0.1) is 0 Å². The zero-order chi connectivity index (χ0) is 45.1. The summed E-state index contributed by atoms with van der Waals surface area (Å²) in [6.07, 6.45) is 41.0. The number of phenolic OH excluding ortho intramolecular Hbond substituents is 2. The van der Waals surface area contributed by atoms with E-state index >= 15 is 0 Å². The van der Waals surface area contributed by atoms with Crippen molar-refractivity contribution in [1.82, 2.24) is 0 Å². The van der Waals surface area contributed by atoms with Crippen LogP contribution in [0.3, 0.4) is 0 Å². The van der Waals surface area contributed by atoms with E-state index in [0.29, 0.717) is 31.3 Å². The van der Waals surface area contributed by atoms with Crippen molar-refractivity contribution in [3.8, 4) is 11.5 Å². The van der Waals surface area contributed by atoms with Crippen LogP contribution >= 0.6 is 8.60 Å². The molecule has 2 aromatic carbocycles. The SMILES string of the molecule is CCCCCCCCCCCCCCCCCOP(OCCCCCCCCCCCCCCCCC)OCC(CC)(c1ccc(O)c(C(C)C)c1)c1ccc(O)c(C(C)C)c1. The zero-order valence-electron chi connectivity index (χ0n) is 41.7. The number of unbranched alkanes of at least 4 members (excludes halogenated alkanes) is 28. The Labute approximate surface area is 385 Å². The summed E-state index contributed by atoms with van der Waals surface area (Å²) in [7, 11) is -1.55. The molecule has 2 N–H and O–H groups in total. The summed E-state index contributed by atoms with van der Waals surface area (Å²) in [5.41, 5.74) is 3.53. The van der Waals surface area contributed by atoms with Crippen molar-refractivity contribution < 1.29 is 23.8 Å². The van der Waals surface area contributed by atoms with Gasteiger partial charge >= 0.3 is 8.60 Å². The van der Waals surface area contributed by atoms with E-state index in [4.69, 9.17) is 13.6 Å². The molecule has 0 unspecified atom stereocenters. The molecule has 0 atom stereocenters. The van der Waals surface area contributed by atoms with E-state index in [-0.39, 0.29) is 11.8 Å². The molecule has 6 heteroatoms. The number of benzene rings is 2. The van der Waals surface area contributed by atoms with Gasteiger partial charge in [-0.2, -0.15) is 0 Å². The molecule has 0 saturated carbocycles. The van der Waals surface area contributed by atoms with E-state index in [1.165, 1.54) is 180 Å². The second kappa shape index (κ2) is 36.6. The highest BCUT2D eigenvalue weighted by atomic mass is 31.2. The smallest absolute Gasteiger partial charge is 0.332 e. The first-order valence-corrected chi connectivity index (χ1v) is 27.6. The molecule has 0 spiro atoms. The van der Waals surface area contributed by atoms with Crippen LogP contribution in [0.15, 0.2) is 36.4 Å². The van der Waals surface area contributed by atoms with Gasteiger partial charge in [-0.1, -0.05) is 253 Å². The largest absolute Gasteiger partial charge is 0.508 e. The number of hydrogen-bond donors (Lipinski definition) is 2. The highest BCUT2D eigenvalue weighted by Gasteiger charge is 2.36. The fraction of sp³-hybridized carbons (Fsp3) is 0.786. The first-order chi connectivity index (χ1) is 30.2. The predicted octanol–water partition coefficient (Wildman–Crippen LogP) is 19.1. The molecule has 0 radical (unpaired) electrons. The van der Waals surface area contributed by atoms with Gasteiger partial charge in [0.1, 0.15) is 11.5 Å². The monoisotopic (exact) mass is 883 g/mol. The minimum Gasteiger partial charge on any atom is -0.508 e. The van der Waals surface area contributed by atoms with Crippen LogP contribution in [0.4, 0.5) is 0 Å². The summed E-state index contributed by atoms with van der Waals surface area (Å²) in [6, 6.07) is 12.1. The van der Waals surface area contributed by atoms with Crippen molar-refractivity contribution >= 4 is 8.60 Å². The molecule has 0 saturated heterocycles. The van der Waals surface area contributed by atoms with Crippen molar-refractivity contribution in [2.75, 3.05) is 19.8 Å². The lowest BCUT2D eigenvalue weighted by Gasteiger charge is -2.36. The Bertz CT molecular complexity index is 1250. The van der Waals surface area contributed by atoms with Gasteiger partial charge < -0.3 is 23.8 Å². The molecule has 2 rings (SSSR count). The topological polar surface area (TPSA) is 68.2 Å². The van der Waals surface area contributed by atoms with Gasteiger partial charge in [0.15, 0.2) is 0 Å². The summed E-state index contributed by atoms with van der Waals surface area (Å²) in [4.78, 5) is 0. The fourth-order valence-corrected chi connectivity index (χ4v) is 10.1. The van der Waals surface area contributed by atoms with Gasteiger partial charge in [0.25, 0.3) is 0 Å². The molecular formula is C56H99O5P. The maximum atomic E-state index is 10.8. The van der Waals surface area contributed by atoms with Crippen molar-refractivity contribution in [1.29, 1.82) is 0 Å². The Hall–Kier alpha value is -1.65. The lowest BCUT2D eigenvalue weighted by molar-refractivity contribution is 0.136. The van der Waals surface area contributed by atoms with Crippen molar-refractivity contribution in [3.63, 3.8) is 0 Å². The van der Waals surface area contributed by atoms with E-state index in [2.05, 4.69) is 60.6 Å². The number of aromatic hydroxyl groups is 2. The zero-order valence-corrected chi connectivity index (χ0v) is 42.6. The molecule has 5 nitrogen and oxygen atoms in total. The fourth-order valence-electron chi connectivity index (χ4n) is 8.97. The molecule has 0 aliphatic heterocycles. The van der Waals surface area contributed by atoms with E-state index < -0.39 is 14.0 Å². The number of rotatable bonds is 42. The summed E-state index contributed by atoms with van der Waals surface area (Å²) in [5.74, 6) is 0.989. The molecule has 62 heavy (non-hydrogen) atoms. The molecule has 0 amide bonds. The Morgan fingerprint density at radius 1 is 0.419 bits per heavy atom. The van der Waals surface area contributed by atoms with Crippen LogP contribution in [-0.4, -0.2) is 30.0 Å². The first-order valence-electron chi connectivity index (χ1n) is 26.6. The Kier molecular flexibility index (Phi) is 33.3. The minimum absolute atomic E-state index is 0.171. The van der Waals surface area contributed by atoms with Gasteiger partial charge in [-0.15, -0.1) is 0 Å². The summed E-state index contributed by atoms with van der Waals surface area (Å²) >= 11 is 0. The van der Waals surface area contributed by atoms with E-state index in [1.807, 2.05) is 24.3 Å². The Balaban J connectivity index is 1.96. The van der Waals surface area contributed by atoms with Gasteiger partial charge in [0.2, 0.25) is 0 Å².